The van der Waals surface area contributed by atoms with E-state index in [1.807, 2.05) is 30.5 Å². The number of carboxylic acid groups (broad SMARTS) is 1. The molecule has 1 aliphatic carbocycles. The van der Waals surface area contributed by atoms with Crippen LogP contribution in [0.1, 0.15) is 60.5 Å². The molecule has 1 saturated heterocycles. The van der Waals surface area contributed by atoms with E-state index in [9.17, 15) is 18.3 Å². The Hall–Kier alpha value is -4.06. The molecule has 2 aliphatic rings. The summed E-state index contributed by atoms with van der Waals surface area (Å²) in [5, 5.41) is 9.88. The van der Waals surface area contributed by atoms with Gasteiger partial charge in [-0.3, -0.25) is 4.31 Å². The number of halogens is 2. The number of nitrogens with zero attached hydrogens (tertiary/aromatic N) is 3. The average Bonchev–Trinajstić information content (AvgIpc) is 3.66. The molecule has 2 heterocycles. The van der Waals surface area contributed by atoms with Crippen LogP contribution in [0.2, 0.25) is 5.02 Å². The summed E-state index contributed by atoms with van der Waals surface area (Å²) in [6, 6.07) is 21.2. The lowest BCUT2D eigenvalue weighted by molar-refractivity contribution is 0.0697. The van der Waals surface area contributed by atoms with Gasteiger partial charge in [0.05, 0.1) is 38.6 Å². The number of ether oxygens (including phenoxy) is 1. The van der Waals surface area contributed by atoms with E-state index in [0.29, 0.717) is 51.9 Å². The predicted octanol–water partition coefficient (Wildman–Crippen LogP) is 9.21. The molecule has 8 nitrogen and oxygen atoms in total. The number of hydrogen-bond donors (Lipinski definition) is 1. The van der Waals surface area contributed by atoms with Crippen LogP contribution < -0.4 is 9.04 Å². The predicted molar refractivity (Wildman–Crippen MR) is 193 cm³/mol. The van der Waals surface area contributed by atoms with Gasteiger partial charge in [0.2, 0.25) is 10.0 Å². The molecule has 2 fully saturated rings. The van der Waals surface area contributed by atoms with Gasteiger partial charge in [0.1, 0.15) is 24.0 Å². The number of benzene rings is 4. The summed E-state index contributed by atoms with van der Waals surface area (Å²) >= 11 is 8.35. The highest BCUT2D eigenvalue weighted by Crippen LogP contribution is 2.40. The number of carboxylic acids is 1. The van der Waals surface area contributed by atoms with Gasteiger partial charge in [0.15, 0.2) is 0 Å². The first-order valence-corrected chi connectivity index (χ1v) is 19.5. The van der Waals surface area contributed by atoms with Crippen LogP contribution in [0.4, 0.5) is 10.1 Å². The summed E-state index contributed by atoms with van der Waals surface area (Å²) in [5.41, 5.74) is 4.51. The van der Waals surface area contributed by atoms with Crippen molar-refractivity contribution in [3.63, 3.8) is 0 Å². The fourth-order valence-electron chi connectivity index (χ4n) is 6.92. The fraction of sp³-hybridized carbons (Fsp3) is 0.297. The van der Waals surface area contributed by atoms with Gasteiger partial charge in [-0.2, -0.15) is 0 Å². The maximum absolute atomic E-state index is 16.0. The van der Waals surface area contributed by atoms with Gasteiger partial charge in [-0.25, -0.2) is 22.6 Å². The maximum atomic E-state index is 16.0. The normalized spacial score (nSPS) is 16.3. The van der Waals surface area contributed by atoms with E-state index in [4.69, 9.17) is 21.3 Å². The molecule has 49 heavy (non-hydrogen) atoms. The third-order valence-electron chi connectivity index (χ3n) is 9.39. The summed E-state index contributed by atoms with van der Waals surface area (Å²) in [7, 11) is -3.48. The zero-order chi connectivity index (χ0) is 34.3. The molecule has 4 aromatic carbocycles. The molecule has 254 valence electrons. The first-order valence-electron chi connectivity index (χ1n) is 16.3. The van der Waals surface area contributed by atoms with E-state index in [2.05, 4.69) is 4.57 Å². The smallest absolute Gasteiger partial charge is 0.335 e. The van der Waals surface area contributed by atoms with Crippen LogP contribution in [0.15, 0.2) is 77.7 Å². The highest BCUT2D eigenvalue weighted by atomic mass is 35.5. The second-order valence-electron chi connectivity index (χ2n) is 12.5. The van der Waals surface area contributed by atoms with Crippen molar-refractivity contribution in [1.29, 1.82) is 0 Å². The summed E-state index contributed by atoms with van der Waals surface area (Å²) < 4.78 is 51.3. The van der Waals surface area contributed by atoms with Crippen LogP contribution in [0.25, 0.3) is 33.5 Å². The van der Waals surface area contributed by atoms with Crippen molar-refractivity contribution in [2.24, 2.45) is 0 Å². The molecule has 12 heteroatoms. The van der Waals surface area contributed by atoms with Crippen LogP contribution in [0.3, 0.4) is 0 Å². The van der Waals surface area contributed by atoms with Crippen LogP contribution in [-0.2, 0) is 16.6 Å². The van der Waals surface area contributed by atoms with Gasteiger partial charge < -0.3 is 14.4 Å². The highest BCUT2D eigenvalue weighted by Gasteiger charge is 2.31. The van der Waals surface area contributed by atoms with E-state index < -0.39 is 21.8 Å². The van der Waals surface area contributed by atoms with E-state index in [-0.39, 0.29) is 24.0 Å². The highest BCUT2D eigenvalue weighted by molar-refractivity contribution is 7.98. The van der Waals surface area contributed by atoms with Gasteiger partial charge in [0.25, 0.3) is 0 Å². The fourth-order valence-corrected chi connectivity index (χ4v) is 9.22. The summed E-state index contributed by atoms with van der Waals surface area (Å²) in [5.74, 6) is -0.745. The Labute approximate surface area is 293 Å². The molecule has 1 saturated carbocycles. The number of imidazole rings is 1. The van der Waals surface area contributed by atoms with Gasteiger partial charge in [-0.05, 0) is 96.8 Å². The van der Waals surface area contributed by atoms with Crippen molar-refractivity contribution in [2.45, 2.75) is 56.1 Å². The van der Waals surface area contributed by atoms with E-state index in [0.717, 1.165) is 53.6 Å². The maximum Gasteiger partial charge on any atom is 0.335 e. The van der Waals surface area contributed by atoms with Crippen LogP contribution in [0, 0.1) is 5.82 Å². The summed E-state index contributed by atoms with van der Waals surface area (Å²) in [6.07, 6.45) is 7.66. The molecule has 7 rings (SSSR count). The van der Waals surface area contributed by atoms with Crippen LogP contribution in [0.5, 0.6) is 5.75 Å². The molecule has 0 amide bonds. The molecular formula is C37H35ClFN3O5S2. The summed E-state index contributed by atoms with van der Waals surface area (Å²) in [6.45, 7) is 0.384. The summed E-state index contributed by atoms with van der Waals surface area (Å²) in [4.78, 5) is 17.5. The Balaban J connectivity index is 1.23. The lowest BCUT2D eigenvalue weighted by atomic mass is 9.94. The topological polar surface area (TPSA) is 102 Å². The first-order chi connectivity index (χ1) is 23.6. The van der Waals surface area contributed by atoms with Gasteiger partial charge in [0, 0.05) is 23.5 Å². The molecule has 1 aliphatic heterocycles. The second kappa shape index (κ2) is 13.7. The number of aromatic carboxylic acids is 1. The Bertz CT molecular complexity index is 2170. The standard InChI is InChI=1S/C37H35ClFN3O5S2/c1-48-28-12-8-23(9-13-28)30-21-31(38)35(41-16-5-17-49(41,45)46)19-25(30)22-47-27-11-14-29(32(39)20-27)36-40-33-18-24(37(43)44)10-15-34(33)42(36)26-6-3-2-4-7-26/h8-15,18-21,26H,2-7,16-17,22H2,1H3,(H,43,44). The van der Waals surface area contributed by atoms with Crippen molar-refractivity contribution in [1.82, 2.24) is 9.55 Å². The molecule has 0 spiro atoms. The molecule has 5 aromatic rings. The van der Waals surface area contributed by atoms with Gasteiger partial charge in [-0.15, -0.1) is 11.8 Å². The molecule has 1 N–H and O–H groups in total. The molecular weight excluding hydrogens is 685 g/mol. The number of aromatic nitrogens is 2. The number of carbonyl (C=O) groups is 1. The Morgan fingerprint density at radius 1 is 1.00 bits per heavy atom. The first kappa shape index (κ1) is 33.4. The Morgan fingerprint density at radius 3 is 2.45 bits per heavy atom. The van der Waals surface area contributed by atoms with Crippen molar-refractivity contribution in [3.8, 4) is 28.3 Å². The Kier molecular flexibility index (Phi) is 9.34. The zero-order valence-corrected chi connectivity index (χ0v) is 29.3. The minimum absolute atomic E-state index is 0.0367. The van der Waals surface area contributed by atoms with E-state index in [1.165, 1.54) is 16.4 Å². The van der Waals surface area contributed by atoms with Crippen molar-refractivity contribution >= 4 is 56.1 Å². The van der Waals surface area contributed by atoms with Crippen LogP contribution in [-0.4, -0.2) is 47.6 Å². The molecule has 0 unspecified atom stereocenters. The van der Waals surface area contributed by atoms with E-state index in [1.54, 1.807) is 48.2 Å². The third kappa shape index (κ3) is 6.63. The minimum atomic E-state index is -3.48. The van der Waals surface area contributed by atoms with Crippen molar-refractivity contribution in [3.05, 3.63) is 94.8 Å². The number of fused-ring (bicyclic) bond motifs is 1. The number of sulfonamides is 1. The lowest BCUT2D eigenvalue weighted by Gasteiger charge is -2.26. The van der Waals surface area contributed by atoms with Crippen molar-refractivity contribution in [2.75, 3.05) is 22.9 Å². The number of thioether (sulfide) groups is 1. The SMILES string of the molecule is CSc1ccc(-c2cc(Cl)c(N3CCCS3(=O)=O)cc2COc2ccc(-c3nc4cc(C(=O)O)ccc4n3C3CCCCC3)c(F)c2)cc1. The molecule has 0 bridgehead atoms. The van der Waals surface area contributed by atoms with Crippen molar-refractivity contribution < 1.29 is 27.4 Å². The molecule has 0 radical (unpaired) electrons. The average molecular weight is 720 g/mol. The number of anilines is 1. The van der Waals surface area contributed by atoms with Gasteiger partial charge >= 0.3 is 5.97 Å². The molecule has 0 atom stereocenters. The second-order valence-corrected chi connectivity index (χ2v) is 15.8. The third-order valence-corrected chi connectivity index (χ3v) is 12.3. The number of hydrogen-bond acceptors (Lipinski definition) is 6. The lowest BCUT2D eigenvalue weighted by Crippen LogP contribution is -2.25. The molecule has 1 aromatic heterocycles. The number of rotatable bonds is 9. The zero-order valence-electron chi connectivity index (χ0n) is 26.9. The Morgan fingerprint density at radius 2 is 1.78 bits per heavy atom. The van der Waals surface area contributed by atoms with Crippen LogP contribution >= 0.6 is 23.4 Å². The largest absolute Gasteiger partial charge is 0.489 e. The van der Waals surface area contributed by atoms with Gasteiger partial charge in [-0.1, -0.05) is 43.0 Å². The van der Waals surface area contributed by atoms with E-state index >= 15 is 4.39 Å². The quantitative estimate of drug-likeness (QED) is 0.152. The minimum Gasteiger partial charge on any atom is -0.489 e. The monoisotopic (exact) mass is 719 g/mol.